The van der Waals surface area contributed by atoms with Crippen molar-refractivity contribution in [3.8, 4) is 5.75 Å². The SMILES string of the molecule is Cl.O=C(CCCOc1ccc(F)cc1F)N1C[C@H]2CNC[C@H]2C1. The van der Waals surface area contributed by atoms with E-state index in [4.69, 9.17) is 4.74 Å². The first kappa shape index (κ1) is 17.9. The van der Waals surface area contributed by atoms with Crippen LogP contribution in [0.15, 0.2) is 18.2 Å². The summed E-state index contributed by atoms with van der Waals surface area (Å²) in [5, 5.41) is 3.34. The Hall–Kier alpha value is -1.40. The third kappa shape index (κ3) is 4.32. The summed E-state index contributed by atoms with van der Waals surface area (Å²) in [6, 6.07) is 3.21. The third-order valence-electron chi connectivity index (χ3n) is 4.43. The molecule has 7 heteroatoms. The van der Waals surface area contributed by atoms with Crippen LogP contribution in [0.25, 0.3) is 0 Å². The van der Waals surface area contributed by atoms with Gasteiger partial charge in [0.15, 0.2) is 11.6 Å². The molecule has 4 nitrogen and oxygen atoms in total. The first-order valence-electron chi connectivity index (χ1n) is 7.70. The number of amides is 1. The van der Waals surface area contributed by atoms with E-state index >= 15 is 0 Å². The molecular formula is C16H21ClF2N2O2. The highest BCUT2D eigenvalue weighted by atomic mass is 35.5. The molecule has 23 heavy (non-hydrogen) atoms. The number of carbonyl (C=O) groups is 1. The van der Waals surface area contributed by atoms with Gasteiger partial charge >= 0.3 is 0 Å². The maximum absolute atomic E-state index is 13.4. The maximum Gasteiger partial charge on any atom is 0.222 e. The molecule has 0 radical (unpaired) electrons. The van der Waals surface area contributed by atoms with E-state index in [-0.39, 0.29) is 30.7 Å². The van der Waals surface area contributed by atoms with E-state index in [0.29, 0.717) is 24.7 Å². The van der Waals surface area contributed by atoms with Crippen LogP contribution >= 0.6 is 12.4 Å². The molecule has 2 aliphatic rings. The van der Waals surface area contributed by atoms with E-state index in [2.05, 4.69) is 5.32 Å². The minimum absolute atomic E-state index is 0. The molecule has 0 aromatic heterocycles. The predicted molar refractivity (Wildman–Crippen MR) is 84.8 cm³/mol. The lowest BCUT2D eigenvalue weighted by molar-refractivity contribution is -0.130. The van der Waals surface area contributed by atoms with E-state index in [1.807, 2.05) is 4.90 Å². The summed E-state index contributed by atoms with van der Waals surface area (Å²) >= 11 is 0. The largest absolute Gasteiger partial charge is 0.491 e. The minimum Gasteiger partial charge on any atom is -0.491 e. The van der Waals surface area contributed by atoms with Crippen molar-refractivity contribution in [2.45, 2.75) is 12.8 Å². The molecule has 0 unspecified atom stereocenters. The van der Waals surface area contributed by atoms with Crippen molar-refractivity contribution in [3.63, 3.8) is 0 Å². The topological polar surface area (TPSA) is 41.6 Å². The van der Waals surface area contributed by atoms with E-state index in [1.54, 1.807) is 0 Å². The Labute approximate surface area is 140 Å². The standard InChI is InChI=1S/C16H20F2N2O2.ClH/c17-13-3-4-15(14(18)6-13)22-5-1-2-16(21)20-9-11-7-19-8-12(11)10-20;/h3-4,6,11-12,19H,1-2,5,7-10H2;1H/t11-,12+;. The highest BCUT2D eigenvalue weighted by Gasteiger charge is 2.37. The summed E-state index contributed by atoms with van der Waals surface area (Å²) in [6.07, 6.45) is 0.926. The van der Waals surface area contributed by atoms with Gasteiger partial charge in [0.1, 0.15) is 5.82 Å². The Balaban J connectivity index is 0.00000192. The van der Waals surface area contributed by atoms with Crippen LogP contribution in [-0.2, 0) is 4.79 Å². The molecule has 2 fully saturated rings. The summed E-state index contributed by atoms with van der Waals surface area (Å²) in [6.45, 7) is 3.92. The normalized spacial score (nSPS) is 22.6. The number of likely N-dealkylation sites (tertiary alicyclic amines) is 1. The van der Waals surface area contributed by atoms with Gasteiger partial charge in [-0.15, -0.1) is 12.4 Å². The monoisotopic (exact) mass is 346 g/mol. The average Bonchev–Trinajstić information content (AvgIpc) is 3.06. The summed E-state index contributed by atoms with van der Waals surface area (Å²) in [5.41, 5.74) is 0. The molecule has 2 aliphatic heterocycles. The van der Waals surface area contributed by atoms with Crippen molar-refractivity contribution in [2.24, 2.45) is 11.8 Å². The molecule has 1 N–H and O–H groups in total. The van der Waals surface area contributed by atoms with Gasteiger partial charge in [-0.1, -0.05) is 0 Å². The predicted octanol–water partition coefficient (Wildman–Crippen LogP) is 2.22. The first-order chi connectivity index (χ1) is 10.6. The van der Waals surface area contributed by atoms with Gasteiger partial charge in [-0.25, -0.2) is 8.78 Å². The van der Waals surface area contributed by atoms with Gasteiger partial charge in [0.2, 0.25) is 5.91 Å². The van der Waals surface area contributed by atoms with Crippen molar-refractivity contribution >= 4 is 18.3 Å². The van der Waals surface area contributed by atoms with Crippen LogP contribution in [0, 0.1) is 23.5 Å². The number of carbonyl (C=O) groups excluding carboxylic acids is 1. The molecule has 0 bridgehead atoms. The lowest BCUT2D eigenvalue weighted by Gasteiger charge is -2.17. The number of ether oxygens (including phenoxy) is 1. The summed E-state index contributed by atoms with van der Waals surface area (Å²) in [4.78, 5) is 14.1. The molecular weight excluding hydrogens is 326 g/mol. The van der Waals surface area contributed by atoms with Crippen LogP contribution < -0.4 is 10.1 Å². The quantitative estimate of drug-likeness (QED) is 0.831. The van der Waals surface area contributed by atoms with Crippen molar-refractivity contribution in [2.75, 3.05) is 32.8 Å². The van der Waals surface area contributed by atoms with Crippen molar-refractivity contribution in [3.05, 3.63) is 29.8 Å². The molecule has 128 valence electrons. The van der Waals surface area contributed by atoms with Crippen LogP contribution in [0.2, 0.25) is 0 Å². The van der Waals surface area contributed by atoms with E-state index in [1.165, 1.54) is 6.07 Å². The number of rotatable bonds is 5. The number of nitrogens with zero attached hydrogens (tertiary/aromatic N) is 1. The molecule has 3 rings (SSSR count). The molecule has 0 aliphatic carbocycles. The van der Waals surface area contributed by atoms with Gasteiger partial charge in [0, 0.05) is 38.7 Å². The number of hydrogen-bond donors (Lipinski definition) is 1. The molecule has 1 aromatic rings. The zero-order valence-corrected chi connectivity index (χ0v) is 13.6. The van der Waals surface area contributed by atoms with Gasteiger partial charge < -0.3 is 15.0 Å². The second-order valence-electron chi connectivity index (χ2n) is 6.00. The second kappa shape index (κ2) is 7.93. The zero-order valence-electron chi connectivity index (χ0n) is 12.8. The molecule has 2 atom stereocenters. The fourth-order valence-corrected chi connectivity index (χ4v) is 3.21. The van der Waals surface area contributed by atoms with Crippen LogP contribution in [-0.4, -0.2) is 43.6 Å². The molecule has 0 saturated carbocycles. The summed E-state index contributed by atoms with van der Waals surface area (Å²) in [5.74, 6) is -0.00415. The number of benzene rings is 1. The molecule has 0 spiro atoms. The lowest BCUT2D eigenvalue weighted by Crippen LogP contribution is -2.31. The average molecular weight is 347 g/mol. The Bertz CT molecular complexity index is 547. The molecule has 1 amide bonds. The van der Waals surface area contributed by atoms with Crippen LogP contribution in [0.1, 0.15) is 12.8 Å². The fraction of sp³-hybridized carbons (Fsp3) is 0.562. The second-order valence-corrected chi connectivity index (χ2v) is 6.00. The zero-order chi connectivity index (χ0) is 15.5. The molecule has 1 aromatic carbocycles. The maximum atomic E-state index is 13.4. The molecule has 2 heterocycles. The van der Waals surface area contributed by atoms with E-state index < -0.39 is 11.6 Å². The third-order valence-corrected chi connectivity index (χ3v) is 4.43. The minimum atomic E-state index is -0.716. The van der Waals surface area contributed by atoms with Gasteiger partial charge in [0.05, 0.1) is 6.61 Å². The fourth-order valence-electron chi connectivity index (χ4n) is 3.21. The van der Waals surface area contributed by atoms with Crippen molar-refractivity contribution in [1.82, 2.24) is 10.2 Å². The Morgan fingerprint density at radius 3 is 2.61 bits per heavy atom. The highest BCUT2D eigenvalue weighted by Crippen LogP contribution is 2.26. The van der Waals surface area contributed by atoms with Crippen LogP contribution in [0.5, 0.6) is 5.75 Å². The van der Waals surface area contributed by atoms with Gasteiger partial charge in [-0.3, -0.25) is 4.79 Å². The summed E-state index contributed by atoms with van der Waals surface area (Å²) < 4.78 is 31.4. The number of halogens is 3. The Kier molecular flexibility index (Phi) is 6.18. The number of fused-ring (bicyclic) bond motifs is 1. The lowest BCUT2D eigenvalue weighted by atomic mass is 10.0. The summed E-state index contributed by atoms with van der Waals surface area (Å²) in [7, 11) is 0. The van der Waals surface area contributed by atoms with E-state index in [9.17, 15) is 13.6 Å². The smallest absolute Gasteiger partial charge is 0.222 e. The van der Waals surface area contributed by atoms with E-state index in [0.717, 1.165) is 38.3 Å². The van der Waals surface area contributed by atoms with Gasteiger partial charge in [-0.2, -0.15) is 0 Å². The number of hydrogen-bond acceptors (Lipinski definition) is 3. The van der Waals surface area contributed by atoms with Gasteiger partial charge in [0.25, 0.3) is 0 Å². The first-order valence-corrected chi connectivity index (χ1v) is 7.70. The van der Waals surface area contributed by atoms with Crippen molar-refractivity contribution < 1.29 is 18.3 Å². The van der Waals surface area contributed by atoms with Gasteiger partial charge in [-0.05, 0) is 30.4 Å². The van der Waals surface area contributed by atoms with Crippen LogP contribution in [0.4, 0.5) is 8.78 Å². The highest BCUT2D eigenvalue weighted by molar-refractivity contribution is 5.85. The Morgan fingerprint density at radius 1 is 1.26 bits per heavy atom. The van der Waals surface area contributed by atoms with Crippen LogP contribution in [0.3, 0.4) is 0 Å². The molecule has 2 saturated heterocycles. The van der Waals surface area contributed by atoms with Crippen molar-refractivity contribution in [1.29, 1.82) is 0 Å². The number of nitrogens with one attached hydrogen (secondary N) is 1. The Morgan fingerprint density at radius 2 is 1.96 bits per heavy atom.